The summed E-state index contributed by atoms with van der Waals surface area (Å²) in [4.78, 5) is 20.5. The van der Waals surface area contributed by atoms with Crippen LogP contribution in [0.15, 0.2) is 60.9 Å². The number of carbonyl (C=O) groups is 1. The van der Waals surface area contributed by atoms with Crippen LogP contribution < -0.4 is 5.32 Å². The van der Waals surface area contributed by atoms with Crippen molar-refractivity contribution in [1.29, 1.82) is 0 Å². The molecule has 1 aliphatic heterocycles. The monoisotopic (exact) mass is 402 g/mol. The van der Waals surface area contributed by atoms with Crippen molar-refractivity contribution in [3.05, 3.63) is 83.4 Å². The van der Waals surface area contributed by atoms with Gasteiger partial charge in [0.25, 0.3) is 0 Å². The average Bonchev–Trinajstić information content (AvgIpc) is 3.19. The molecule has 1 aromatic heterocycles. The van der Waals surface area contributed by atoms with Crippen molar-refractivity contribution in [2.45, 2.75) is 52.2 Å². The van der Waals surface area contributed by atoms with E-state index in [-0.39, 0.29) is 18.0 Å². The van der Waals surface area contributed by atoms with Gasteiger partial charge in [-0.3, -0.25) is 9.69 Å². The highest BCUT2D eigenvalue weighted by atomic mass is 16.2. The lowest BCUT2D eigenvalue weighted by Crippen LogP contribution is -2.42. The third kappa shape index (κ3) is 4.17. The summed E-state index contributed by atoms with van der Waals surface area (Å²) in [6, 6.07) is 18.4. The lowest BCUT2D eigenvalue weighted by Gasteiger charge is -2.36. The topological polar surface area (TPSA) is 50.2 Å². The zero-order valence-electron chi connectivity index (χ0n) is 18.0. The molecule has 4 rings (SSSR count). The van der Waals surface area contributed by atoms with Crippen molar-refractivity contribution in [3.63, 3.8) is 0 Å². The number of aromatic nitrogens is 2. The minimum atomic E-state index is -0.371. The molecule has 5 nitrogen and oxygen atoms in total. The van der Waals surface area contributed by atoms with E-state index in [1.807, 2.05) is 36.7 Å². The smallest absolute Gasteiger partial charge is 0.247 e. The number of hydrogen-bond acceptors (Lipinski definition) is 3. The SMILES string of the molecule is CCc1ccc(NC(=O)[C@H]2c3c(ncn3C(C)C)CCN2Cc2ccccc2)cc1. The molecule has 0 saturated heterocycles. The van der Waals surface area contributed by atoms with Crippen LogP contribution in [0.2, 0.25) is 0 Å². The Morgan fingerprint density at radius 1 is 1.10 bits per heavy atom. The second-order valence-electron chi connectivity index (χ2n) is 8.23. The molecule has 5 heteroatoms. The van der Waals surface area contributed by atoms with Gasteiger partial charge in [0, 0.05) is 31.2 Å². The van der Waals surface area contributed by atoms with E-state index in [1.165, 1.54) is 11.1 Å². The molecule has 0 radical (unpaired) electrons. The number of carbonyl (C=O) groups excluding carboxylic acids is 1. The van der Waals surface area contributed by atoms with Gasteiger partial charge in [0.1, 0.15) is 6.04 Å². The number of hydrogen-bond donors (Lipinski definition) is 1. The van der Waals surface area contributed by atoms with Crippen LogP contribution in [0.5, 0.6) is 0 Å². The summed E-state index contributed by atoms with van der Waals surface area (Å²) in [7, 11) is 0. The largest absolute Gasteiger partial charge is 0.330 e. The third-order valence-electron chi connectivity index (χ3n) is 5.83. The minimum absolute atomic E-state index is 0.00136. The van der Waals surface area contributed by atoms with Gasteiger partial charge in [-0.2, -0.15) is 0 Å². The summed E-state index contributed by atoms with van der Waals surface area (Å²) in [5.74, 6) is -0.00136. The van der Waals surface area contributed by atoms with Crippen LogP contribution in [0.4, 0.5) is 5.69 Å². The molecule has 0 spiro atoms. The van der Waals surface area contributed by atoms with Crippen molar-refractivity contribution >= 4 is 11.6 Å². The first-order valence-corrected chi connectivity index (χ1v) is 10.8. The number of benzene rings is 2. The number of imidazole rings is 1. The highest BCUT2D eigenvalue weighted by molar-refractivity contribution is 5.95. The van der Waals surface area contributed by atoms with E-state index in [4.69, 9.17) is 0 Å². The van der Waals surface area contributed by atoms with Crippen LogP contribution in [0, 0.1) is 0 Å². The van der Waals surface area contributed by atoms with Gasteiger partial charge in [-0.15, -0.1) is 0 Å². The molecular weight excluding hydrogens is 372 g/mol. The predicted octanol–water partition coefficient (Wildman–Crippen LogP) is 4.76. The molecule has 0 unspecified atom stereocenters. The van der Waals surface area contributed by atoms with Gasteiger partial charge in [0.05, 0.1) is 17.7 Å². The number of anilines is 1. The van der Waals surface area contributed by atoms with E-state index in [9.17, 15) is 4.79 Å². The van der Waals surface area contributed by atoms with Crippen LogP contribution >= 0.6 is 0 Å². The Balaban J connectivity index is 1.66. The van der Waals surface area contributed by atoms with Crippen LogP contribution in [0.25, 0.3) is 0 Å². The molecule has 1 N–H and O–H groups in total. The van der Waals surface area contributed by atoms with Crippen LogP contribution in [-0.2, 0) is 24.2 Å². The van der Waals surface area contributed by atoms with Crippen LogP contribution in [-0.4, -0.2) is 26.9 Å². The molecular formula is C25H30N4O. The Hall–Kier alpha value is -2.92. The molecule has 1 amide bonds. The maximum atomic E-state index is 13.6. The van der Waals surface area contributed by atoms with Gasteiger partial charge in [0.15, 0.2) is 0 Å². The third-order valence-corrected chi connectivity index (χ3v) is 5.83. The first-order valence-electron chi connectivity index (χ1n) is 10.8. The van der Waals surface area contributed by atoms with E-state index in [1.54, 1.807) is 0 Å². The van der Waals surface area contributed by atoms with Gasteiger partial charge < -0.3 is 9.88 Å². The highest BCUT2D eigenvalue weighted by Crippen LogP contribution is 2.33. The first-order chi connectivity index (χ1) is 14.6. The standard InChI is InChI=1S/C25H30N4O/c1-4-19-10-12-21(13-11-19)27-25(30)24-23-22(26-17-29(23)18(2)3)14-15-28(24)16-20-8-6-5-7-9-20/h5-13,17-18,24H,4,14-16H2,1-3H3,(H,27,30)/t24-/m1/s1. The van der Waals surface area contributed by atoms with Crippen molar-refractivity contribution in [3.8, 4) is 0 Å². The minimum Gasteiger partial charge on any atom is -0.330 e. The van der Waals surface area contributed by atoms with Crippen LogP contribution in [0.3, 0.4) is 0 Å². The zero-order chi connectivity index (χ0) is 21.1. The summed E-state index contributed by atoms with van der Waals surface area (Å²) in [5, 5.41) is 3.15. The van der Waals surface area contributed by atoms with E-state index in [2.05, 4.69) is 64.8 Å². The van der Waals surface area contributed by atoms with E-state index in [0.29, 0.717) is 0 Å². The fraction of sp³-hybridized carbons (Fsp3) is 0.360. The van der Waals surface area contributed by atoms with Crippen molar-refractivity contribution in [2.24, 2.45) is 0 Å². The number of rotatable bonds is 6. The summed E-state index contributed by atoms with van der Waals surface area (Å²) in [6.07, 6.45) is 3.73. The second-order valence-corrected chi connectivity index (χ2v) is 8.23. The zero-order valence-corrected chi connectivity index (χ0v) is 18.0. The van der Waals surface area contributed by atoms with Crippen LogP contribution in [0.1, 0.15) is 55.4 Å². The summed E-state index contributed by atoms with van der Waals surface area (Å²) in [5.41, 5.74) is 5.36. The number of nitrogens with one attached hydrogen (secondary N) is 1. The summed E-state index contributed by atoms with van der Waals surface area (Å²) >= 11 is 0. The highest BCUT2D eigenvalue weighted by Gasteiger charge is 2.37. The van der Waals surface area contributed by atoms with E-state index in [0.717, 1.165) is 43.0 Å². The van der Waals surface area contributed by atoms with E-state index < -0.39 is 0 Å². The second kappa shape index (κ2) is 8.84. The van der Waals surface area contributed by atoms with Gasteiger partial charge in [-0.25, -0.2) is 4.98 Å². The number of fused-ring (bicyclic) bond motifs is 1. The molecule has 3 aromatic rings. The lowest BCUT2D eigenvalue weighted by molar-refractivity contribution is -0.122. The summed E-state index contributed by atoms with van der Waals surface area (Å²) in [6.45, 7) is 7.94. The Labute approximate surface area is 178 Å². The summed E-state index contributed by atoms with van der Waals surface area (Å²) < 4.78 is 2.15. The molecule has 2 heterocycles. The Bertz CT molecular complexity index is 992. The maximum absolute atomic E-state index is 13.6. The fourth-order valence-corrected chi connectivity index (χ4v) is 4.18. The molecule has 2 aromatic carbocycles. The van der Waals surface area contributed by atoms with Gasteiger partial charge in [0.2, 0.25) is 5.91 Å². The molecule has 156 valence electrons. The number of amides is 1. The van der Waals surface area contributed by atoms with Gasteiger partial charge in [-0.05, 0) is 43.5 Å². The van der Waals surface area contributed by atoms with Gasteiger partial charge >= 0.3 is 0 Å². The molecule has 0 saturated carbocycles. The first kappa shape index (κ1) is 20.4. The molecule has 30 heavy (non-hydrogen) atoms. The average molecular weight is 403 g/mol. The normalized spacial score (nSPS) is 16.5. The molecule has 1 aliphatic rings. The van der Waals surface area contributed by atoms with Gasteiger partial charge in [-0.1, -0.05) is 49.4 Å². The molecule has 1 atom stereocenters. The van der Waals surface area contributed by atoms with Crippen molar-refractivity contribution < 1.29 is 4.79 Å². The molecule has 0 fully saturated rings. The lowest BCUT2D eigenvalue weighted by atomic mass is 9.99. The Morgan fingerprint density at radius 2 is 1.83 bits per heavy atom. The quantitative estimate of drug-likeness (QED) is 0.646. The number of nitrogens with zero attached hydrogens (tertiary/aromatic N) is 3. The maximum Gasteiger partial charge on any atom is 0.247 e. The predicted molar refractivity (Wildman–Crippen MR) is 120 cm³/mol. The molecule has 0 aliphatic carbocycles. The fourth-order valence-electron chi connectivity index (χ4n) is 4.18. The van der Waals surface area contributed by atoms with E-state index >= 15 is 0 Å². The Kier molecular flexibility index (Phi) is 6.00. The Morgan fingerprint density at radius 3 is 2.50 bits per heavy atom. The van der Waals surface area contributed by atoms with Crippen molar-refractivity contribution in [1.82, 2.24) is 14.5 Å². The molecule has 0 bridgehead atoms. The number of aryl methyl sites for hydroxylation is 1. The van der Waals surface area contributed by atoms with Crippen molar-refractivity contribution in [2.75, 3.05) is 11.9 Å².